The summed E-state index contributed by atoms with van der Waals surface area (Å²) < 4.78 is 22.4. The van der Waals surface area contributed by atoms with Crippen LogP contribution in [0.4, 0.5) is 4.39 Å². The molecule has 0 atom stereocenters. The Morgan fingerprint density at radius 2 is 1.85 bits per heavy atom. The van der Waals surface area contributed by atoms with E-state index in [0.29, 0.717) is 17.4 Å². The highest BCUT2D eigenvalue weighted by molar-refractivity contribution is 5.38. The van der Waals surface area contributed by atoms with Crippen LogP contribution in [-0.4, -0.2) is 25.9 Å². The summed E-state index contributed by atoms with van der Waals surface area (Å²) in [7, 11) is 0. The van der Waals surface area contributed by atoms with Gasteiger partial charge in [0, 0.05) is 18.2 Å². The van der Waals surface area contributed by atoms with Gasteiger partial charge in [0.05, 0.1) is 5.69 Å². The molecule has 0 radical (unpaired) electrons. The number of hydrogen-bond donors (Lipinski definition) is 0. The number of ether oxygens (including phenoxy) is 1. The monoisotopic (exact) mass is 366 g/mol. The molecule has 1 fully saturated rings. The summed E-state index contributed by atoms with van der Waals surface area (Å²) in [6, 6.07) is 11.0. The number of aryl methyl sites for hydroxylation is 2. The molecule has 1 saturated carbocycles. The molecular weight excluding hydrogens is 343 g/mol. The lowest BCUT2D eigenvalue weighted by Gasteiger charge is -2.28. The van der Waals surface area contributed by atoms with Crippen molar-refractivity contribution >= 4 is 0 Å². The van der Waals surface area contributed by atoms with Crippen LogP contribution in [0.25, 0.3) is 5.69 Å². The van der Waals surface area contributed by atoms with Gasteiger partial charge in [-0.2, -0.15) is 0 Å². The van der Waals surface area contributed by atoms with Crippen molar-refractivity contribution in [1.29, 1.82) is 0 Å². The van der Waals surface area contributed by atoms with Gasteiger partial charge in [0.15, 0.2) is 0 Å². The lowest BCUT2D eigenvalue weighted by Crippen LogP contribution is -2.25. The van der Waals surface area contributed by atoms with Gasteiger partial charge >= 0.3 is 0 Å². The highest BCUT2D eigenvalue weighted by atomic mass is 19.1. The second-order valence-electron chi connectivity index (χ2n) is 7.16. The molecule has 140 valence electrons. The Balaban J connectivity index is 1.51. The first kappa shape index (κ1) is 17.6. The first-order chi connectivity index (χ1) is 13.1. The predicted molar refractivity (Wildman–Crippen MR) is 101 cm³/mol. The molecular formula is C21H23FN4O. The van der Waals surface area contributed by atoms with E-state index in [9.17, 15) is 4.39 Å². The Bertz CT molecular complexity index is 917. The van der Waals surface area contributed by atoms with Crippen LogP contribution < -0.4 is 4.74 Å². The van der Waals surface area contributed by atoms with Crippen LogP contribution in [0, 0.1) is 19.7 Å². The first-order valence-corrected chi connectivity index (χ1v) is 9.38. The normalized spacial score (nSPS) is 19.8. The minimum Gasteiger partial charge on any atom is -0.474 e. The minimum atomic E-state index is -0.244. The van der Waals surface area contributed by atoms with Gasteiger partial charge in [-0.25, -0.2) is 9.37 Å². The third-order valence-electron chi connectivity index (χ3n) is 5.16. The predicted octanol–water partition coefficient (Wildman–Crippen LogP) is 4.52. The third-order valence-corrected chi connectivity index (χ3v) is 5.16. The van der Waals surface area contributed by atoms with Crippen molar-refractivity contribution in [1.82, 2.24) is 19.7 Å². The van der Waals surface area contributed by atoms with Gasteiger partial charge in [0.25, 0.3) is 0 Å². The lowest BCUT2D eigenvalue weighted by molar-refractivity contribution is 0.139. The summed E-state index contributed by atoms with van der Waals surface area (Å²) in [5.41, 5.74) is 1.42. The molecule has 27 heavy (non-hydrogen) atoms. The SMILES string of the molecule is Cc1ccc(-n2c(C)nnc2C2CCC(Oc3ccccn3)CC2)c(F)c1. The molecule has 1 aromatic carbocycles. The van der Waals surface area contributed by atoms with E-state index in [1.165, 1.54) is 0 Å². The maximum atomic E-state index is 14.5. The molecule has 2 aromatic heterocycles. The van der Waals surface area contributed by atoms with Crippen molar-refractivity contribution in [3.63, 3.8) is 0 Å². The Morgan fingerprint density at radius 3 is 2.56 bits per heavy atom. The molecule has 4 rings (SSSR count). The quantitative estimate of drug-likeness (QED) is 0.681. The molecule has 0 N–H and O–H groups in total. The molecule has 0 spiro atoms. The molecule has 0 unspecified atom stereocenters. The summed E-state index contributed by atoms with van der Waals surface area (Å²) in [6.45, 7) is 3.75. The van der Waals surface area contributed by atoms with Crippen LogP contribution >= 0.6 is 0 Å². The van der Waals surface area contributed by atoms with Crippen LogP contribution in [0.15, 0.2) is 42.6 Å². The summed E-state index contributed by atoms with van der Waals surface area (Å²) in [4.78, 5) is 4.23. The van der Waals surface area contributed by atoms with Crippen molar-refractivity contribution in [3.8, 4) is 11.6 Å². The molecule has 3 aromatic rings. The average Bonchev–Trinajstić information content (AvgIpc) is 3.05. The van der Waals surface area contributed by atoms with Crippen molar-refractivity contribution in [2.24, 2.45) is 0 Å². The van der Waals surface area contributed by atoms with Gasteiger partial charge in [-0.05, 0) is 63.3 Å². The number of aromatic nitrogens is 4. The summed E-state index contributed by atoms with van der Waals surface area (Å²) in [5, 5.41) is 8.60. The van der Waals surface area contributed by atoms with E-state index in [0.717, 1.165) is 37.1 Å². The molecule has 2 heterocycles. The smallest absolute Gasteiger partial charge is 0.213 e. The van der Waals surface area contributed by atoms with E-state index in [1.807, 2.05) is 42.7 Å². The Hall–Kier alpha value is -2.76. The fourth-order valence-electron chi connectivity index (χ4n) is 3.76. The van der Waals surface area contributed by atoms with E-state index in [1.54, 1.807) is 18.3 Å². The van der Waals surface area contributed by atoms with Gasteiger partial charge in [-0.15, -0.1) is 10.2 Å². The third kappa shape index (κ3) is 3.70. The molecule has 1 aliphatic carbocycles. The number of rotatable bonds is 4. The fourth-order valence-corrected chi connectivity index (χ4v) is 3.76. The van der Waals surface area contributed by atoms with Crippen molar-refractivity contribution in [2.45, 2.75) is 51.6 Å². The van der Waals surface area contributed by atoms with E-state index < -0.39 is 0 Å². The second kappa shape index (κ2) is 7.47. The summed E-state index contributed by atoms with van der Waals surface area (Å²) >= 11 is 0. The zero-order valence-electron chi connectivity index (χ0n) is 15.6. The molecule has 0 bridgehead atoms. The van der Waals surface area contributed by atoms with Gasteiger partial charge in [0.2, 0.25) is 5.88 Å². The zero-order chi connectivity index (χ0) is 18.8. The molecule has 5 nitrogen and oxygen atoms in total. The topological polar surface area (TPSA) is 52.8 Å². The van der Waals surface area contributed by atoms with Gasteiger partial charge in [-0.3, -0.25) is 4.57 Å². The summed E-state index contributed by atoms with van der Waals surface area (Å²) in [5.74, 6) is 2.22. The first-order valence-electron chi connectivity index (χ1n) is 9.38. The van der Waals surface area contributed by atoms with Gasteiger partial charge < -0.3 is 4.74 Å². The van der Waals surface area contributed by atoms with Gasteiger partial charge in [-0.1, -0.05) is 12.1 Å². The highest BCUT2D eigenvalue weighted by Gasteiger charge is 2.28. The van der Waals surface area contributed by atoms with E-state index in [2.05, 4.69) is 15.2 Å². The Kier molecular flexibility index (Phi) is 4.88. The van der Waals surface area contributed by atoms with E-state index >= 15 is 0 Å². The van der Waals surface area contributed by atoms with Crippen LogP contribution in [0.3, 0.4) is 0 Å². The van der Waals surface area contributed by atoms with Crippen LogP contribution in [0.1, 0.15) is 48.8 Å². The number of nitrogens with zero attached hydrogens (tertiary/aromatic N) is 4. The van der Waals surface area contributed by atoms with Crippen molar-refractivity contribution in [3.05, 3.63) is 65.6 Å². The molecule has 0 amide bonds. The number of pyridine rings is 1. The standard InChI is InChI=1S/C21H23FN4O/c1-14-6-11-19(18(22)13-14)26-15(2)24-25-21(26)16-7-9-17(10-8-16)27-20-5-3-4-12-23-20/h3-6,11-13,16-17H,7-10H2,1-2H3. The van der Waals surface area contributed by atoms with Crippen LogP contribution in [0.2, 0.25) is 0 Å². The minimum absolute atomic E-state index is 0.157. The zero-order valence-corrected chi connectivity index (χ0v) is 15.6. The van der Waals surface area contributed by atoms with Crippen molar-refractivity contribution in [2.75, 3.05) is 0 Å². The number of halogens is 1. The Morgan fingerprint density at radius 1 is 1.04 bits per heavy atom. The number of hydrogen-bond acceptors (Lipinski definition) is 4. The second-order valence-corrected chi connectivity index (χ2v) is 7.16. The lowest BCUT2D eigenvalue weighted by atomic mass is 9.86. The summed E-state index contributed by atoms with van der Waals surface area (Å²) in [6.07, 6.45) is 5.60. The fraction of sp³-hybridized carbons (Fsp3) is 0.381. The Labute approximate surface area is 158 Å². The molecule has 0 aliphatic heterocycles. The average molecular weight is 366 g/mol. The largest absolute Gasteiger partial charge is 0.474 e. The number of benzene rings is 1. The van der Waals surface area contributed by atoms with E-state index in [-0.39, 0.29) is 17.8 Å². The van der Waals surface area contributed by atoms with Gasteiger partial charge in [0.1, 0.15) is 23.6 Å². The van der Waals surface area contributed by atoms with E-state index in [4.69, 9.17) is 4.74 Å². The molecule has 1 aliphatic rings. The molecule has 6 heteroatoms. The maximum absolute atomic E-state index is 14.5. The molecule has 0 saturated heterocycles. The highest BCUT2D eigenvalue weighted by Crippen LogP contribution is 2.35. The van der Waals surface area contributed by atoms with Crippen LogP contribution in [-0.2, 0) is 0 Å². The maximum Gasteiger partial charge on any atom is 0.213 e. The van der Waals surface area contributed by atoms with Crippen molar-refractivity contribution < 1.29 is 9.13 Å². The van der Waals surface area contributed by atoms with Crippen LogP contribution in [0.5, 0.6) is 5.88 Å².